The van der Waals surface area contributed by atoms with E-state index in [2.05, 4.69) is 10.3 Å². The Kier molecular flexibility index (Phi) is 6.98. The van der Waals surface area contributed by atoms with Gasteiger partial charge in [-0.3, -0.25) is 9.78 Å². The number of pyridine rings is 1. The fourth-order valence-electron chi connectivity index (χ4n) is 1.58. The van der Waals surface area contributed by atoms with Crippen LogP contribution in [0, 0.1) is 0 Å². The predicted molar refractivity (Wildman–Crippen MR) is 70.2 cm³/mol. The molecule has 0 atom stereocenters. The summed E-state index contributed by atoms with van der Waals surface area (Å²) in [6, 6.07) is 3.42. The number of hydrogen-bond acceptors (Lipinski definition) is 4. The molecule has 5 heteroatoms. The highest BCUT2D eigenvalue weighted by Gasteiger charge is 2.05. The minimum atomic E-state index is -0.0705. The number of carbonyl (C=O) groups excluding carboxylic acids is 1. The normalized spacial score (nSPS) is 10.3. The van der Waals surface area contributed by atoms with Crippen molar-refractivity contribution in [2.45, 2.75) is 25.8 Å². The van der Waals surface area contributed by atoms with E-state index in [1.165, 1.54) is 0 Å². The van der Waals surface area contributed by atoms with Crippen molar-refractivity contribution in [3.8, 4) is 0 Å². The van der Waals surface area contributed by atoms with Gasteiger partial charge in [-0.1, -0.05) is 0 Å². The molecule has 100 valence electrons. The first-order valence-electron chi connectivity index (χ1n) is 6.20. The Morgan fingerprint density at radius 2 is 2.28 bits per heavy atom. The van der Waals surface area contributed by atoms with Crippen LogP contribution in [0.2, 0.25) is 0 Å². The van der Waals surface area contributed by atoms with Gasteiger partial charge in [0.1, 0.15) is 0 Å². The molecule has 0 fully saturated rings. The van der Waals surface area contributed by atoms with Gasteiger partial charge in [0.2, 0.25) is 0 Å². The minimum Gasteiger partial charge on any atom is -0.385 e. The van der Waals surface area contributed by atoms with Crippen molar-refractivity contribution >= 4 is 5.91 Å². The number of methoxy groups -OCH3 is 1. The maximum atomic E-state index is 11.8. The number of hydrogen-bond donors (Lipinski definition) is 2. The summed E-state index contributed by atoms with van der Waals surface area (Å²) in [5.41, 5.74) is 6.82. The highest BCUT2D eigenvalue weighted by molar-refractivity contribution is 5.94. The number of nitrogens with two attached hydrogens (primary N) is 1. The lowest BCUT2D eigenvalue weighted by Crippen LogP contribution is -2.24. The molecule has 1 rings (SSSR count). The Labute approximate surface area is 108 Å². The summed E-state index contributed by atoms with van der Waals surface area (Å²) in [7, 11) is 1.69. The molecule has 0 saturated carbocycles. The fourth-order valence-corrected chi connectivity index (χ4v) is 1.58. The van der Waals surface area contributed by atoms with Gasteiger partial charge in [-0.25, -0.2) is 0 Å². The maximum absolute atomic E-state index is 11.8. The van der Waals surface area contributed by atoms with Crippen molar-refractivity contribution in [2.75, 3.05) is 20.3 Å². The zero-order chi connectivity index (χ0) is 13.2. The van der Waals surface area contributed by atoms with E-state index in [1.807, 2.05) is 0 Å². The first kappa shape index (κ1) is 14.6. The summed E-state index contributed by atoms with van der Waals surface area (Å²) in [6.45, 7) is 1.80. The SMILES string of the molecule is COCCCCCNC(=O)c1ccnc(CN)c1. The highest BCUT2D eigenvalue weighted by Crippen LogP contribution is 2.01. The fraction of sp³-hybridized carbons (Fsp3) is 0.538. The number of carbonyl (C=O) groups is 1. The number of ether oxygens (including phenoxy) is 1. The monoisotopic (exact) mass is 251 g/mol. The van der Waals surface area contributed by atoms with Crippen LogP contribution in [0.3, 0.4) is 0 Å². The van der Waals surface area contributed by atoms with Gasteiger partial charge < -0.3 is 15.8 Å². The molecular formula is C13H21N3O2. The van der Waals surface area contributed by atoms with E-state index < -0.39 is 0 Å². The third-order valence-corrected chi connectivity index (χ3v) is 2.60. The molecule has 5 nitrogen and oxygen atoms in total. The third kappa shape index (κ3) is 5.25. The van der Waals surface area contributed by atoms with E-state index in [4.69, 9.17) is 10.5 Å². The average molecular weight is 251 g/mol. The van der Waals surface area contributed by atoms with Crippen molar-refractivity contribution in [3.63, 3.8) is 0 Å². The first-order valence-corrected chi connectivity index (χ1v) is 6.20. The lowest BCUT2D eigenvalue weighted by molar-refractivity contribution is 0.0952. The topological polar surface area (TPSA) is 77.2 Å². The zero-order valence-corrected chi connectivity index (χ0v) is 10.8. The Morgan fingerprint density at radius 1 is 1.44 bits per heavy atom. The Hall–Kier alpha value is -1.46. The molecule has 1 heterocycles. The van der Waals surface area contributed by atoms with E-state index in [9.17, 15) is 4.79 Å². The molecule has 3 N–H and O–H groups in total. The van der Waals surface area contributed by atoms with Crippen LogP contribution >= 0.6 is 0 Å². The summed E-state index contributed by atoms with van der Waals surface area (Å²) in [4.78, 5) is 15.8. The summed E-state index contributed by atoms with van der Waals surface area (Å²) >= 11 is 0. The van der Waals surface area contributed by atoms with E-state index in [1.54, 1.807) is 25.4 Å². The van der Waals surface area contributed by atoms with Crippen LogP contribution in [0.5, 0.6) is 0 Å². The third-order valence-electron chi connectivity index (χ3n) is 2.60. The minimum absolute atomic E-state index is 0.0705. The summed E-state index contributed by atoms with van der Waals surface area (Å²) in [6.07, 6.45) is 4.65. The van der Waals surface area contributed by atoms with Gasteiger partial charge >= 0.3 is 0 Å². The number of aromatic nitrogens is 1. The van der Waals surface area contributed by atoms with E-state index >= 15 is 0 Å². The number of rotatable bonds is 8. The van der Waals surface area contributed by atoms with Crippen LogP contribution in [0.15, 0.2) is 18.3 Å². The Balaban J connectivity index is 2.27. The van der Waals surface area contributed by atoms with Crippen LogP contribution in [-0.4, -0.2) is 31.2 Å². The second-order valence-electron chi connectivity index (χ2n) is 4.05. The molecule has 18 heavy (non-hydrogen) atoms. The van der Waals surface area contributed by atoms with E-state index in [-0.39, 0.29) is 5.91 Å². The smallest absolute Gasteiger partial charge is 0.251 e. The largest absolute Gasteiger partial charge is 0.385 e. The van der Waals surface area contributed by atoms with Crippen LogP contribution in [0.25, 0.3) is 0 Å². The van der Waals surface area contributed by atoms with Gasteiger partial charge in [-0.2, -0.15) is 0 Å². The van der Waals surface area contributed by atoms with E-state index in [0.29, 0.717) is 18.7 Å². The van der Waals surface area contributed by atoms with Crippen molar-refractivity contribution in [2.24, 2.45) is 5.73 Å². The first-order chi connectivity index (χ1) is 8.77. The number of nitrogens with zero attached hydrogens (tertiary/aromatic N) is 1. The zero-order valence-electron chi connectivity index (χ0n) is 10.8. The molecule has 1 aromatic heterocycles. The van der Waals surface area contributed by atoms with Gasteiger partial charge in [-0.15, -0.1) is 0 Å². The van der Waals surface area contributed by atoms with Crippen LogP contribution in [0.4, 0.5) is 0 Å². The molecule has 0 aliphatic heterocycles. The molecule has 1 aromatic rings. The lowest BCUT2D eigenvalue weighted by atomic mass is 10.2. The molecule has 0 radical (unpaired) electrons. The van der Waals surface area contributed by atoms with Crippen LogP contribution < -0.4 is 11.1 Å². The molecule has 0 unspecified atom stereocenters. The van der Waals surface area contributed by atoms with Crippen molar-refractivity contribution < 1.29 is 9.53 Å². The van der Waals surface area contributed by atoms with Crippen LogP contribution in [-0.2, 0) is 11.3 Å². The molecule has 0 aliphatic rings. The second-order valence-corrected chi connectivity index (χ2v) is 4.05. The standard InChI is InChI=1S/C13H21N3O2/c1-18-8-4-2-3-6-16-13(17)11-5-7-15-12(9-11)10-14/h5,7,9H,2-4,6,8,10,14H2,1H3,(H,16,17). The molecule has 1 amide bonds. The van der Waals surface area contributed by atoms with Crippen molar-refractivity contribution in [3.05, 3.63) is 29.6 Å². The Morgan fingerprint density at radius 3 is 3.00 bits per heavy atom. The molecular weight excluding hydrogens is 230 g/mol. The summed E-state index contributed by atoms with van der Waals surface area (Å²) < 4.78 is 4.96. The molecule has 0 saturated heterocycles. The second kappa shape index (κ2) is 8.60. The Bertz CT molecular complexity index is 369. The molecule has 0 aromatic carbocycles. The lowest BCUT2D eigenvalue weighted by Gasteiger charge is -2.06. The van der Waals surface area contributed by atoms with Crippen LogP contribution in [0.1, 0.15) is 35.3 Å². The average Bonchev–Trinajstić information content (AvgIpc) is 2.42. The molecule has 0 aliphatic carbocycles. The summed E-state index contributed by atoms with van der Waals surface area (Å²) in [5, 5.41) is 2.88. The van der Waals surface area contributed by atoms with Crippen molar-refractivity contribution in [1.29, 1.82) is 0 Å². The highest BCUT2D eigenvalue weighted by atomic mass is 16.5. The number of nitrogens with one attached hydrogen (secondary N) is 1. The number of amides is 1. The summed E-state index contributed by atoms with van der Waals surface area (Å²) in [5.74, 6) is -0.0705. The maximum Gasteiger partial charge on any atom is 0.251 e. The van der Waals surface area contributed by atoms with Crippen molar-refractivity contribution in [1.82, 2.24) is 10.3 Å². The molecule has 0 bridgehead atoms. The van der Waals surface area contributed by atoms with Gasteiger partial charge in [0.15, 0.2) is 0 Å². The van der Waals surface area contributed by atoms with E-state index in [0.717, 1.165) is 31.6 Å². The van der Waals surface area contributed by atoms with Gasteiger partial charge in [-0.05, 0) is 31.4 Å². The van der Waals surface area contributed by atoms with Gasteiger partial charge in [0.05, 0.1) is 5.69 Å². The quantitative estimate of drug-likeness (QED) is 0.678. The van der Waals surface area contributed by atoms with Gasteiger partial charge in [0.25, 0.3) is 5.91 Å². The van der Waals surface area contributed by atoms with Gasteiger partial charge in [0, 0.05) is 38.6 Å². The number of unbranched alkanes of at least 4 members (excludes halogenated alkanes) is 2. The predicted octanol–water partition coefficient (Wildman–Crippen LogP) is 1.09. The molecule has 0 spiro atoms.